The Morgan fingerprint density at radius 2 is 1.95 bits per heavy atom. The Labute approximate surface area is 129 Å². The molecule has 1 amide bonds. The van der Waals surface area contributed by atoms with Gasteiger partial charge in [-0.1, -0.05) is 6.42 Å². The van der Waals surface area contributed by atoms with Gasteiger partial charge < -0.3 is 14.2 Å². The summed E-state index contributed by atoms with van der Waals surface area (Å²) >= 11 is 0. The molecule has 0 atom stereocenters. The molecule has 116 valence electrons. The molecule has 3 heterocycles. The molecule has 0 spiro atoms. The lowest BCUT2D eigenvalue weighted by Crippen LogP contribution is -2.51. The average molecular weight is 300 g/mol. The van der Waals surface area contributed by atoms with E-state index in [9.17, 15) is 4.79 Å². The van der Waals surface area contributed by atoms with E-state index in [-0.39, 0.29) is 5.92 Å². The molecule has 1 saturated heterocycles. The molecule has 2 aliphatic rings. The summed E-state index contributed by atoms with van der Waals surface area (Å²) in [6.45, 7) is 4.98. The molecular weight excluding hydrogens is 280 g/mol. The van der Waals surface area contributed by atoms with Gasteiger partial charge in [0.05, 0.1) is 0 Å². The summed E-state index contributed by atoms with van der Waals surface area (Å²) in [5.41, 5.74) is 2.31. The number of aromatic nitrogens is 2. The molecule has 0 aromatic carbocycles. The van der Waals surface area contributed by atoms with E-state index in [0.29, 0.717) is 23.2 Å². The number of amides is 1. The molecule has 6 nitrogen and oxygen atoms in total. The first kappa shape index (κ1) is 13.5. The lowest BCUT2D eigenvalue weighted by Gasteiger charge is -2.37. The van der Waals surface area contributed by atoms with Gasteiger partial charge in [-0.2, -0.15) is 4.98 Å². The van der Waals surface area contributed by atoms with Gasteiger partial charge in [0.2, 0.25) is 11.6 Å². The van der Waals surface area contributed by atoms with Crippen LogP contribution in [0, 0.1) is 12.8 Å². The highest BCUT2D eigenvalue weighted by Gasteiger charge is 2.31. The Bertz CT molecular complexity index is 699. The lowest BCUT2D eigenvalue weighted by molar-refractivity contribution is -0.138. The largest absolute Gasteiger partial charge is 0.422 e. The van der Waals surface area contributed by atoms with Crippen molar-refractivity contribution in [1.82, 2.24) is 14.9 Å². The normalized spacial score (nSPS) is 19.5. The number of rotatable bonds is 2. The minimum atomic E-state index is 0.281. The maximum atomic E-state index is 12.3. The Hall–Kier alpha value is -2.11. The zero-order valence-electron chi connectivity index (χ0n) is 12.8. The minimum absolute atomic E-state index is 0.281. The lowest BCUT2D eigenvalue weighted by atomic mass is 9.84. The summed E-state index contributed by atoms with van der Waals surface area (Å²) in [4.78, 5) is 25.2. The zero-order chi connectivity index (χ0) is 15.1. The predicted octanol–water partition coefficient (Wildman–Crippen LogP) is 1.98. The first-order valence-corrected chi connectivity index (χ1v) is 7.98. The second-order valence-electron chi connectivity index (χ2n) is 6.21. The van der Waals surface area contributed by atoms with Gasteiger partial charge in [-0.25, -0.2) is 4.98 Å². The molecule has 0 unspecified atom stereocenters. The number of anilines is 1. The van der Waals surface area contributed by atoms with E-state index < -0.39 is 0 Å². The number of hydrogen-bond acceptors (Lipinski definition) is 5. The molecule has 2 aromatic heterocycles. The number of hydrogen-bond donors (Lipinski definition) is 0. The molecule has 2 aromatic rings. The summed E-state index contributed by atoms with van der Waals surface area (Å²) in [5, 5.41) is 0. The van der Waals surface area contributed by atoms with Gasteiger partial charge in [-0.05, 0) is 31.9 Å². The smallest absolute Gasteiger partial charge is 0.300 e. The number of carbonyl (C=O) groups excluding carboxylic acids is 1. The maximum Gasteiger partial charge on any atom is 0.300 e. The first-order chi connectivity index (χ1) is 10.7. The van der Waals surface area contributed by atoms with Crippen molar-refractivity contribution in [2.45, 2.75) is 26.2 Å². The van der Waals surface area contributed by atoms with Crippen molar-refractivity contribution in [1.29, 1.82) is 0 Å². The van der Waals surface area contributed by atoms with Gasteiger partial charge in [-0.3, -0.25) is 4.79 Å². The van der Waals surface area contributed by atoms with Gasteiger partial charge in [-0.15, -0.1) is 0 Å². The molecular formula is C16H20N4O2. The molecule has 1 aliphatic carbocycles. The van der Waals surface area contributed by atoms with Crippen LogP contribution in [-0.2, 0) is 4.79 Å². The second-order valence-corrected chi connectivity index (χ2v) is 6.21. The molecule has 0 radical (unpaired) electrons. The molecule has 0 bridgehead atoms. The Balaban J connectivity index is 1.44. The highest BCUT2D eigenvalue weighted by atomic mass is 16.4. The van der Waals surface area contributed by atoms with Crippen LogP contribution >= 0.6 is 0 Å². The molecule has 2 fully saturated rings. The SMILES string of the molecule is Cc1ccc2oc(N3CCN(C(=O)C4CCC4)CC3)nc2n1. The summed E-state index contributed by atoms with van der Waals surface area (Å²) in [6, 6.07) is 4.45. The molecule has 1 saturated carbocycles. The van der Waals surface area contributed by atoms with Crippen LogP contribution in [0.3, 0.4) is 0 Å². The van der Waals surface area contributed by atoms with Crippen LogP contribution in [0.15, 0.2) is 16.5 Å². The third kappa shape index (κ3) is 2.32. The number of piperazine rings is 1. The molecule has 22 heavy (non-hydrogen) atoms. The van der Waals surface area contributed by atoms with Crippen molar-refractivity contribution >= 4 is 23.2 Å². The standard InChI is InChI=1S/C16H20N4O2/c1-11-5-6-13-14(17-11)18-16(22-13)20-9-7-19(8-10-20)15(21)12-3-2-4-12/h5-6,12H,2-4,7-10H2,1H3. The van der Waals surface area contributed by atoms with E-state index in [0.717, 1.165) is 44.7 Å². The van der Waals surface area contributed by atoms with E-state index in [2.05, 4.69) is 14.9 Å². The number of pyridine rings is 1. The van der Waals surface area contributed by atoms with Gasteiger partial charge in [0.15, 0.2) is 5.58 Å². The van der Waals surface area contributed by atoms with Gasteiger partial charge in [0, 0.05) is 37.8 Å². The monoisotopic (exact) mass is 300 g/mol. The third-order valence-corrected chi connectivity index (χ3v) is 4.70. The van der Waals surface area contributed by atoms with Gasteiger partial charge >= 0.3 is 0 Å². The summed E-state index contributed by atoms with van der Waals surface area (Å²) in [7, 11) is 0. The molecule has 1 aliphatic heterocycles. The van der Waals surface area contributed by atoms with Crippen LogP contribution in [0.2, 0.25) is 0 Å². The Morgan fingerprint density at radius 1 is 1.18 bits per heavy atom. The Morgan fingerprint density at radius 3 is 2.64 bits per heavy atom. The maximum absolute atomic E-state index is 12.3. The van der Waals surface area contributed by atoms with Crippen molar-refractivity contribution in [3.8, 4) is 0 Å². The molecule has 4 rings (SSSR count). The van der Waals surface area contributed by atoms with Crippen molar-refractivity contribution in [3.05, 3.63) is 17.8 Å². The quantitative estimate of drug-likeness (QED) is 0.848. The fraction of sp³-hybridized carbons (Fsp3) is 0.562. The van der Waals surface area contributed by atoms with E-state index in [1.54, 1.807) is 0 Å². The summed E-state index contributed by atoms with van der Waals surface area (Å²) < 4.78 is 5.79. The van der Waals surface area contributed by atoms with Crippen LogP contribution in [0.4, 0.5) is 6.01 Å². The number of carbonyl (C=O) groups is 1. The van der Waals surface area contributed by atoms with Crippen LogP contribution < -0.4 is 4.90 Å². The molecule has 6 heteroatoms. The van der Waals surface area contributed by atoms with E-state index in [1.165, 1.54) is 6.42 Å². The first-order valence-electron chi connectivity index (χ1n) is 7.98. The van der Waals surface area contributed by atoms with Crippen LogP contribution in [0.1, 0.15) is 25.0 Å². The number of oxazole rings is 1. The third-order valence-electron chi connectivity index (χ3n) is 4.70. The van der Waals surface area contributed by atoms with Crippen molar-refractivity contribution < 1.29 is 9.21 Å². The highest BCUT2D eigenvalue weighted by molar-refractivity contribution is 5.80. The van der Waals surface area contributed by atoms with E-state index in [4.69, 9.17) is 4.42 Å². The van der Waals surface area contributed by atoms with Crippen LogP contribution in [0.25, 0.3) is 11.2 Å². The summed E-state index contributed by atoms with van der Waals surface area (Å²) in [6.07, 6.45) is 3.33. The number of nitrogens with zero attached hydrogens (tertiary/aromatic N) is 4. The van der Waals surface area contributed by atoms with Crippen LogP contribution in [-0.4, -0.2) is 47.0 Å². The van der Waals surface area contributed by atoms with Crippen molar-refractivity contribution in [2.24, 2.45) is 5.92 Å². The second kappa shape index (κ2) is 5.26. The predicted molar refractivity (Wildman–Crippen MR) is 82.7 cm³/mol. The highest BCUT2D eigenvalue weighted by Crippen LogP contribution is 2.29. The van der Waals surface area contributed by atoms with Gasteiger partial charge in [0.25, 0.3) is 6.01 Å². The van der Waals surface area contributed by atoms with E-state index in [1.807, 2.05) is 24.0 Å². The van der Waals surface area contributed by atoms with Crippen LogP contribution in [0.5, 0.6) is 0 Å². The topological polar surface area (TPSA) is 62.5 Å². The van der Waals surface area contributed by atoms with E-state index >= 15 is 0 Å². The fourth-order valence-electron chi connectivity index (χ4n) is 3.07. The molecule has 0 N–H and O–H groups in total. The van der Waals surface area contributed by atoms with Gasteiger partial charge in [0.1, 0.15) is 0 Å². The number of aryl methyl sites for hydroxylation is 1. The zero-order valence-corrected chi connectivity index (χ0v) is 12.8. The average Bonchev–Trinajstić information content (AvgIpc) is 2.88. The fourth-order valence-corrected chi connectivity index (χ4v) is 3.07. The summed E-state index contributed by atoms with van der Waals surface area (Å²) in [5.74, 6) is 0.615. The van der Waals surface area contributed by atoms with Crippen molar-refractivity contribution in [2.75, 3.05) is 31.1 Å². The number of fused-ring (bicyclic) bond motifs is 1. The Kier molecular flexibility index (Phi) is 3.24. The minimum Gasteiger partial charge on any atom is -0.422 e. The van der Waals surface area contributed by atoms with Crippen molar-refractivity contribution in [3.63, 3.8) is 0 Å².